The van der Waals surface area contributed by atoms with Crippen LogP contribution in [0.2, 0.25) is 0 Å². The van der Waals surface area contributed by atoms with Gasteiger partial charge in [0.25, 0.3) is 5.91 Å². The predicted molar refractivity (Wildman–Crippen MR) is 138 cm³/mol. The van der Waals surface area contributed by atoms with Crippen molar-refractivity contribution >= 4 is 29.3 Å². The molecule has 190 valence electrons. The zero-order valence-electron chi connectivity index (χ0n) is 20.3. The second kappa shape index (κ2) is 10.9. The van der Waals surface area contributed by atoms with Crippen molar-refractivity contribution in [3.05, 3.63) is 65.6 Å². The van der Waals surface area contributed by atoms with Gasteiger partial charge in [-0.2, -0.15) is 0 Å². The average Bonchev–Trinajstić information content (AvgIpc) is 3.57. The summed E-state index contributed by atoms with van der Waals surface area (Å²) in [7, 11) is 0. The Morgan fingerprint density at radius 2 is 1.94 bits per heavy atom. The molecule has 0 unspecified atom stereocenters. The Hall–Kier alpha value is -3.10. The minimum atomic E-state index is -0.156. The second-order valence-corrected chi connectivity index (χ2v) is 10.1. The highest BCUT2D eigenvalue weighted by Gasteiger charge is 2.34. The number of amides is 2. The summed E-state index contributed by atoms with van der Waals surface area (Å²) in [4.78, 5) is 30.4. The molecule has 3 N–H and O–H groups in total. The number of nitrogens with zero attached hydrogens (tertiary/aromatic N) is 2. The van der Waals surface area contributed by atoms with Gasteiger partial charge in [0.1, 0.15) is 29.0 Å². The van der Waals surface area contributed by atoms with Crippen molar-refractivity contribution in [1.82, 2.24) is 25.3 Å². The van der Waals surface area contributed by atoms with E-state index in [2.05, 4.69) is 20.9 Å². The Balaban J connectivity index is 1.30. The van der Waals surface area contributed by atoms with E-state index in [1.165, 1.54) is 12.0 Å². The van der Waals surface area contributed by atoms with E-state index in [0.29, 0.717) is 29.3 Å². The highest BCUT2D eigenvalue weighted by Crippen LogP contribution is 2.39. The number of carbonyl (C=O) groups excluding carboxylic acids is 2. The van der Waals surface area contributed by atoms with E-state index >= 15 is 0 Å². The van der Waals surface area contributed by atoms with Gasteiger partial charge < -0.3 is 20.2 Å². The van der Waals surface area contributed by atoms with Crippen LogP contribution in [0.15, 0.2) is 48.7 Å². The van der Waals surface area contributed by atoms with Gasteiger partial charge in [-0.25, -0.2) is 4.98 Å². The number of fused-ring (bicyclic) bond motifs is 1. The van der Waals surface area contributed by atoms with Crippen LogP contribution in [0.25, 0.3) is 5.65 Å². The van der Waals surface area contributed by atoms with Crippen LogP contribution in [-0.4, -0.2) is 46.9 Å². The number of nitrogens with one attached hydrogen (secondary N) is 3. The first-order valence-electron chi connectivity index (χ1n) is 12.7. The number of halogens is 1. The van der Waals surface area contributed by atoms with Crippen molar-refractivity contribution in [2.45, 2.75) is 56.4 Å². The predicted octanol–water partition coefficient (Wildman–Crippen LogP) is 3.52. The SMILES string of the molecule is O=C(Cc1cn2c(C(=O)NCC3(c4ccc(OCl)cc4)CCCCC3)cccc2n1)N[C@@H]1CCNC1. The normalized spacial score (nSPS) is 19.2. The zero-order chi connectivity index (χ0) is 25.0. The molecule has 1 saturated carbocycles. The van der Waals surface area contributed by atoms with Crippen molar-refractivity contribution in [2.75, 3.05) is 19.6 Å². The standard InChI is InChI=1S/C27H32ClN5O3/c28-36-22-9-7-19(8-10-22)27(12-2-1-3-13-27)18-30-26(35)23-5-4-6-24-31-21(17-33(23)24)15-25(34)32-20-11-14-29-16-20/h4-10,17,20,29H,1-3,11-16,18H2,(H,30,35)(H,32,34)/t20-/m1/s1. The summed E-state index contributed by atoms with van der Waals surface area (Å²) in [5, 5.41) is 9.49. The molecule has 2 aromatic heterocycles. The van der Waals surface area contributed by atoms with Crippen LogP contribution in [0, 0.1) is 0 Å². The third-order valence-electron chi connectivity index (χ3n) is 7.50. The van der Waals surface area contributed by atoms with Crippen LogP contribution in [0.3, 0.4) is 0 Å². The lowest BCUT2D eigenvalue weighted by atomic mass is 9.69. The molecule has 3 heterocycles. The maximum atomic E-state index is 13.4. The molecule has 0 bridgehead atoms. The largest absolute Gasteiger partial charge is 0.386 e. The molecule has 1 aromatic carbocycles. The Morgan fingerprint density at radius 3 is 2.67 bits per heavy atom. The van der Waals surface area contributed by atoms with E-state index in [-0.39, 0.29) is 29.7 Å². The lowest BCUT2D eigenvalue weighted by Crippen LogP contribution is -2.42. The summed E-state index contributed by atoms with van der Waals surface area (Å²) in [5.41, 5.74) is 2.86. The first-order chi connectivity index (χ1) is 17.6. The molecular weight excluding hydrogens is 478 g/mol. The molecule has 2 amide bonds. The first-order valence-corrected chi connectivity index (χ1v) is 13.0. The maximum Gasteiger partial charge on any atom is 0.268 e. The molecule has 1 aliphatic carbocycles. The van der Waals surface area contributed by atoms with E-state index in [1.807, 2.05) is 36.4 Å². The third-order valence-corrected chi connectivity index (χ3v) is 7.67. The van der Waals surface area contributed by atoms with Gasteiger partial charge in [-0.3, -0.25) is 14.0 Å². The van der Waals surface area contributed by atoms with E-state index in [9.17, 15) is 9.59 Å². The summed E-state index contributed by atoms with van der Waals surface area (Å²) in [5.74, 6) is 0.395. The Labute approximate surface area is 215 Å². The molecular formula is C27H32ClN5O3. The summed E-state index contributed by atoms with van der Waals surface area (Å²) in [6, 6.07) is 13.5. The number of hydrogen-bond donors (Lipinski definition) is 3. The van der Waals surface area contributed by atoms with Crippen LogP contribution in [0.1, 0.15) is 60.3 Å². The molecule has 36 heavy (non-hydrogen) atoms. The molecule has 3 aromatic rings. The molecule has 9 heteroatoms. The van der Waals surface area contributed by atoms with Gasteiger partial charge in [-0.15, -0.1) is 0 Å². The number of carbonyl (C=O) groups is 2. The quantitative estimate of drug-likeness (QED) is 0.432. The van der Waals surface area contributed by atoms with E-state index in [4.69, 9.17) is 16.2 Å². The van der Waals surface area contributed by atoms with Gasteiger partial charge in [0.15, 0.2) is 0 Å². The molecule has 2 fully saturated rings. The number of hydrogen-bond acceptors (Lipinski definition) is 5. The van der Waals surface area contributed by atoms with Crippen LogP contribution in [0.5, 0.6) is 5.75 Å². The van der Waals surface area contributed by atoms with Gasteiger partial charge in [-0.1, -0.05) is 37.5 Å². The first kappa shape index (κ1) is 24.6. The molecule has 0 radical (unpaired) electrons. The van der Waals surface area contributed by atoms with Gasteiger partial charge >= 0.3 is 0 Å². The smallest absolute Gasteiger partial charge is 0.268 e. The van der Waals surface area contributed by atoms with Gasteiger partial charge in [0, 0.05) is 30.7 Å². The van der Waals surface area contributed by atoms with E-state index in [1.54, 1.807) is 16.7 Å². The number of imidazole rings is 1. The highest BCUT2D eigenvalue weighted by molar-refractivity contribution is 6.09. The summed E-state index contributed by atoms with van der Waals surface area (Å²) in [6.07, 6.45) is 8.40. The molecule has 0 spiro atoms. The van der Waals surface area contributed by atoms with Crippen molar-refractivity contribution in [1.29, 1.82) is 0 Å². The Morgan fingerprint density at radius 1 is 1.14 bits per heavy atom. The fourth-order valence-electron chi connectivity index (χ4n) is 5.55. The van der Waals surface area contributed by atoms with Crippen LogP contribution in [0.4, 0.5) is 0 Å². The molecule has 8 nitrogen and oxygen atoms in total. The fraction of sp³-hybridized carbons (Fsp3) is 0.444. The highest BCUT2D eigenvalue weighted by atomic mass is 35.5. The van der Waals surface area contributed by atoms with Crippen LogP contribution < -0.4 is 20.2 Å². The van der Waals surface area contributed by atoms with Crippen LogP contribution >= 0.6 is 11.9 Å². The minimum absolute atomic E-state index is 0.0528. The second-order valence-electron chi connectivity index (χ2n) is 9.93. The molecule has 1 atom stereocenters. The molecule has 2 aliphatic rings. The van der Waals surface area contributed by atoms with E-state index < -0.39 is 0 Å². The number of aromatic nitrogens is 2. The van der Waals surface area contributed by atoms with Gasteiger partial charge in [0.05, 0.1) is 12.1 Å². The monoisotopic (exact) mass is 509 g/mol. The lowest BCUT2D eigenvalue weighted by molar-refractivity contribution is -0.121. The number of benzene rings is 1. The number of pyridine rings is 1. The molecule has 1 aliphatic heterocycles. The summed E-state index contributed by atoms with van der Waals surface area (Å²) < 4.78 is 6.58. The van der Waals surface area contributed by atoms with Crippen molar-refractivity contribution in [3.8, 4) is 5.75 Å². The molecule has 5 rings (SSSR count). The Bertz CT molecular complexity index is 1210. The fourth-order valence-corrected chi connectivity index (χ4v) is 5.65. The van der Waals surface area contributed by atoms with Gasteiger partial charge in [0.2, 0.25) is 5.91 Å². The lowest BCUT2D eigenvalue weighted by Gasteiger charge is -2.38. The number of rotatable bonds is 8. The van der Waals surface area contributed by atoms with Crippen molar-refractivity contribution < 1.29 is 13.9 Å². The van der Waals surface area contributed by atoms with Crippen molar-refractivity contribution in [3.63, 3.8) is 0 Å². The van der Waals surface area contributed by atoms with E-state index in [0.717, 1.165) is 45.2 Å². The average molecular weight is 510 g/mol. The van der Waals surface area contributed by atoms with Crippen molar-refractivity contribution in [2.24, 2.45) is 0 Å². The summed E-state index contributed by atoms with van der Waals surface area (Å²) >= 11 is 5.50. The topological polar surface area (TPSA) is 96.8 Å². The Kier molecular flexibility index (Phi) is 7.43. The zero-order valence-corrected chi connectivity index (χ0v) is 21.0. The minimum Gasteiger partial charge on any atom is -0.386 e. The molecule has 1 saturated heterocycles. The summed E-state index contributed by atoms with van der Waals surface area (Å²) in [6.45, 7) is 2.27. The van der Waals surface area contributed by atoms with Crippen LogP contribution in [-0.2, 0) is 16.6 Å². The van der Waals surface area contributed by atoms with Gasteiger partial charge in [-0.05, 0) is 55.6 Å². The third kappa shape index (κ3) is 5.34. The maximum absolute atomic E-state index is 13.4.